The molecule has 0 spiro atoms. The SMILES string of the molecule is CCOc1ccc(N2C(=O)/C(=C\c3ccccc3)N=C2c2ccccc2Br)cc1. The maximum absolute atomic E-state index is 13.3. The van der Waals surface area contributed by atoms with Crippen LogP contribution < -0.4 is 9.64 Å². The molecule has 4 nitrogen and oxygen atoms in total. The van der Waals surface area contributed by atoms with E-state index in [1.807, 2.05) is 91.9 Å². The van der Waals surface area contributed by atoms with E-state index in [0.29, 0.717) is 18.1 Å². The van der Waals surface area contributed by atoms with Crippen molar-refractivity contribution in [2.75, 3.05) is 11.5 Å². The highest BCUT2D eigenvalue weighted by Crippen LogP contribution is 2.31. The van der Waals surface area contributed by atoms with E-state index in [2.05, 4.69) is 15.9 Å². The van der Waals surface area contributed by atoms with Crippen LogP contribution in [-0.2, 0) is 4.79 Å². The standard InChI is InChI=1S/C24H19BrN2O2/c1-2-29-19-14-12-18(13-15-19)27-23(20-10-6-7-11-21(20)25)26-22(24(27)28)16-17-8-4-3-5-9-17/h3-16H,2H2,1H3/b22-16+. The van der Waals surface area contributed by atoms with Crippen molar-refractivity contribution in [1.82, 2.24) is 0 Å². The molecule has 0 aliphatic carbocycles. The molecule has 29 heavy (non-hydrogen) atoms. The van der Waals surface area contributed by atoms with Gasteiger partial charge in [-0.25, -0.2) is 4.99 Å². The first-order chi connectivity index (χ1) is 14.2. The third kappa shape index (κ3) is 4.00. The van der Waals surface area contributed by atoms with E-state index < -0.39 is 0 Å². The van der Waals surface area contributed by atoms with Crippen molar-refractivity contribution in [3.63, 3.8) is 0 Å². The monoisotopic (exact) mass is 446 g/mol. The average molecular weight is 447 g/mol. The van der Waals surface area contributed by atoms with Gasteiger partial charge in [-0.2, -0.15) is 0 Å². The second kappa shape index (κ2) is 8.45. The number of rotatable bonds is 5. The van der Waals surface area contributed by atoms with E-state index in [4.69, 9.17) is 9.73 Å². The molecule has 1 aliphatic heterocycles. The number of ether oxygens (including phenoxy) is 1. The summed E-state index contributed by atoms with van der Waals surface area (Å²) in [7, 11) is 0. The molecule has 0 aromatic heterocycles. The van der Waals surface area contributed by atoms with Gasteiger partial charge in [-0.05, 0) is 48.9 Å². The molecule has 1 heterocycles. The Hall–Kier alpha value is -3.18. The minimum absolute atomic E-state index is 0.163. The molecule has 0 saturated heterocycles. The Labute approximate surface area is 178 Å². The summed E-state index contributed by atoms with van der Waals surface area (Å²) in [6.45, 7) is 2.53. The number of aliphatic imine (C=N–C) groups is 1. The summed E-state index contributed by atoms with van der Waals surface area (Å²) in [5, 5.41) is 0. The fraction of sp³-hybridized carbons (Fsp3) is 0.0833. The Morgan fingerprint density at radius 1 is 0.966 bits per heavy atom. The summed E-state index contributed by atoms with van der Waals surface area (Å²) < 4.78 is 6.41. The van der Waals surface area contributed by atoms with Crippen LogP contribution in [0.1, 0.15) is 18.1 Å². The molecular formula is C24H19BrN2O2. The predicted octanol–water partition coefficient (Wildman–Crippen LogP) is 5.68. The Morgan fingerprint density at radius 2 is 1.66 bits per heavy atom. The maximum atomic E-state index is 13.3. The number of amidine groups is 1. The number of amides is 1. The first kappa shape index (κ1) is 19.2. The van der Waals surface area contributed by atoms with Gasteiger partial charge in [-0.3, -0.25) is 9.69 Å². The lowest BCUT2D eigenvalue weighted by Gasteiger charge is -2.19. The molecule has 0 N–H and O–H groups in total. The van der Waals surface area contributed by atoms with Gasteiger partial charge in [-0.15, -0.1) is 0 Å². The largest absolute Gasteiger partial charge is 0.494 e. The van der Waals surface area contributed by atoms with Crippen LogP contribution in [0.15, 0.2) is 94.0 Å². The number of carbonyl (C=O) groups is 1. The number of hydrogen-bond acceptors (Lipinski definition) is 3. The molecule has 3 aromatic rings. The van der Waals surface area contributed by atoms with Gasteiger partial charge in [-0.1, -0.05) is 64.5 Å². The summed E-state index contributed by atoms with van der Waals surface area (Å²) in [5.41, 5.74) is 2.92. The molecule has 0 bridgehead atoms. The summed E-state index contributed by atoms with van der Waals surface area (Å²) >= 11 is 3.59. The van der Waals surface area contributed by atoms with Crippen LogP contribution >= 0.6 is 15.9 Å². The lowest BCUT2D eigenvalue weighted by Crippen LogP contribution is -2.32. The number of benzene rings is 3. The number of nitrogens with zero attached hydrogens (tertiary/aromatic N) is 2. The second-order valence-electron chi connectivity index (χ2n) is 6.42. The topological polar surface area (TPSA) is 41.9 Å². The molecule has 5 heteroatoms. The molecule has 3 aromatic carbocycles. The first-order valence-corrected chi connectivity index (χ1v) is 10.1. The van der Waals surface area contributed by atoms with E-state index in [1.165, 1.54) is 0 Å². The van der Waals surface area contributed by atoms with E-state index in [1.54, 1.807) is 4.90 Å². The van der Waals surface area contributed by atoms with Crippen molar-refractivity contribution in [2.45, 2.75) is 6.92 Å². The Morgan fingerprint density at radius 3 is 2.34 bits per heavy atom. The van der Waals surface area contributed by atoms with Crippen LogP contribution in [0, 0.1) is 0 Å². The third-order valence-corrected chi connectivity index (χ3v) is 5.18. The van der Waals surface area contributed by atoms with Crippen LogP contribution in [0.25, 0.3) is 6.08 Å². The Balaban J connectivity index is 1.80. The summed E-state index contributed by atoms with van der Waals surface area (Å²) in [4.78, 5) is 19.7. The highest BCUT2D eigenvalue weighted by atomic mass is 79.9. The number of halogens is 1. The quantitative estimate of drug-likeness (QED) is 0.472. The highest BCUT2D eigenvalue weighted by Gasteiger charge is 2.33. The van der Waals surface area contributed by atoms with Gasteiger partial charge < -0.3 is 4.74 Å². The molecule has 144 valence electrons. The molecule has 1 amide bonds. The van der Waals surface area contributed by atoms with Gasteiger partial charge in [0.05, 0.1) is 12.3 Å². The van der Waals surface area contributed by atoms with E-state index >= 15 is 0 Å². The zero-order valence-corrected chi connectivity index (χ0v) is 17.5. The van der Waals surface area contributed by atoms with Crippen molar-refractivity contribution in [1.29, 1.82) is 0 Å². The van der Waals surface area contributed by atoms with Crippen molar-refractivity contribution >= 4 is 39.4 Å². The predicted molar refractivity (Wildman–Crippen MR) is 120 cm³/mol. The van der Waals surface area contributed by atoms with Crippen molar-refractivity contribution < 1.29 is 9.53 Å². The van der Waals surface area contributed by atoms with E-state index in [9.17, 15) is 4.79 Å². The van der Waals surface area contributed by atoms with E-state index in [-0.39, 0.29) is 5.91 Å². The zero-order valence-electron chi connectivity index (χ0n) is 15.9. The van der Waals surface area contributed by atoms with Gasteiger partial charge in [0.1, 0.15) is 17.3 Å². The minimum atomic E-state index is -0.163. The minimum Gasteiger partial charge on any atom is -0.494 e. The number of carbonyl (C=O) groups excluding carboxylic acids is 1. The second-order valence-corrected chi connectivity index (χ2v) is 7.28. The third-order valence-electron chi connectivity index (χ3n) is 4.48. The van der Waals surface area contributed by atoms with Gasteiger partial charge >= 0.3 is 0 Å². The van der Waals surface area contributed by atoms with Gasteiger partial charge in [0, 0.05) is 10.0 Å². The molecule has 0 atom stereocenters. The lowest BCUT2D eigenvalue weighted by atomic mass is 10.1. The van der Waals surface area contributed by atoms with Crippen LogP contribution in [0.4, 0.5) is 5.69 Å². The van der Waals surface area contributed by atoms with Crippen molar-refractivity contribution in [3.8, 4) is 5.75 Å². The van der Waals surface area contributed by atoms with Crippen LogP contribution in [0.3, 0.4) is 0 Å². The molecule has 4 rings (SSSR count). The maximum Gasteiger partial charge on any atom is 0.282 e. The Bertz CT molecular complexity index is 1090. The average Bonchev–Trinajstić information content (AvgIpc) is 3.06. The van der Waals surface area contributed by atoms with Gasteiger partial charge in [0.15, 0.2) is 0 Å². The zero-order chi connectivity index (χ0) is 20.2. The Kier molecular flexibility index (Phi) is 5.58. The van der Waals surface area contributed by atoms with E-state index in [0.717, 1.165) is 27.0 Å². The smallest absolute Gasteiger partial charge is 0.282 e. The molecular weight excluding hydrogens is 428 g/mol. The van der Waals surface area contributed by atoms with Crippen LogP contribution in [0.5, 0.6) is 5.75 Å². The summed E-state index contributed by atoms with van der Waals surface area (Å²) in [6.07, 6.45) is 1.81. The summed E-state index contributed by atoms with van der Waals surface area (Å²) in [5.74, 6) is 1.19. The van der Waals surface area contributed by atoms with Crippen LogP contribution in [0.2, 0.25) is 0 Å². The lowest BCUT2D eigenvalue weighted by molar-refractivity contribution is -0.113. The molecule has 0 unspecified atom stereocenters. The fourth-order valence-electron chi connectivity index (χ4n) is 3.14. The normalized spacial score (nSPS) is 15.0. The molecule has 0 radical (unpaired) electrons. The van der Waals surface area contributed by atoms with Crippen molar-refractivity contribution in [2.24, 2.45) is 4.99 Å². The number of hydrogen-bond donors (Lipinski definition) is 0. The fourth-order valence-corrected chi connectivity index (χ4v) is 3.61. The number of anilines is 1. The highest BCUT2D eigenvalue weighted by molar-refractivity contribution is 9.10. The summed E-state index contributed by atoms with van der Waals surface area (Å²) in [6, 6.07) is 25.0. The first-order valence-electron chi connectivity index (χ1n) is 9.35. The molecule has 0 fully saturated rings. The molecule has 0 saturated carbocycles. The van der Waals surface area contributed by atoms with Gasteiger partial charge in [0.2, 0.25) is 0 Å². The van der Waals surface area contributed by atoms with Crippen LogP contribution in [-0.4, -0.2) is 18.3 Å². The van der Waals surface area contributed by atoms with Crippen molar-refractivity contribution in [3.05, 3.63) is 100 Å². The van der Waals surface area contributed by atoms with Gasteiger partial charge in [0.25, 0.3) is 5.91 Å². The molecule has 1 aliphatic rings.